The molecule has 0 bridgehead atoms. The number of carbonyl (C=O) groups excluding carboxylic acids is 1. The molecule has 0 spiro atoms. The molecular weight excluding hydrogens is 602 g/mol. The molecule has 1 saturated heterocycles. The molecule has 242 valence electrons. The molecule has 0 saturated carbocycles. The summed E-state index contributed by atoms with van der Waals surface area (Å²) in [6.07, 6.45) is 2.16. The smallest absolute Gasteiger partial charge is 0.324 e. The van der Waals surface area contributed by atoms with E-state index in [1.807, 2.05) is 61.5 Å². The minimum atomic E-state index is -3.65. The molecular formula is C35H41N5O5S. The van der Waals surface area contributed by atoms with Gasteiger partial charge in [-0.25, -0.2) is 17.9 Å². The first-order valence-corrected chi connectivity index (χ1v) is 17.1. The summed E-state index contributed by atoms with van der Waals surface area (Å²) >= 11 is 0. The first kappa shape index (κ1) is 31.6. The fraction of sp³-hybridized carbons (Fsp3) is 0.371. The van der Waals surface area contributed by atoms with Gasteiger partial charge in [0.2, 0.25) is 10.0 Å². The number of urea groups is 1. The molecule has 2 aliphatic heterocycles. The summed E-state index contributed by atoms with van der Waals surface area (Å²) in [5.41, 5.74) is 4.40. The van der Waals surface area contributed by atoms with Gasteiger partial charge in [0.05, 0.1) is 16.3 Å². The molecule has 46 heavy (non-hydrogen) atoms. The number of nitrogens with zero attached hydrogens (tertiary/aromatic N) is 3. The lowest BCUT2D eigenvalue weighted by atomic mass is 9.90. The van der Waals surface area contributed by atoms with Gasteiger partial charge in [-0.05, 0) is 68.0 Å². The third kappa shape index (κ3) is 6.90. The van der Waals surface area contributed by atoms with Crippen LogP contribution in [0.15, 0.2) is 77.7 Å². The van der Waals surface area contributed by atoms with Gasteiger partial charge in [0, 0.05) is 36.3 Å². The van der Waals surface area contributed by atoms with Crippen LogP contribution < -0.4 is 20.1 Å². The van der Waals surface area contributed by atoms with Gasteiger partial charge in [-0.1, -0.05) is 56.7 Å². The van der Waals surface area contributed by atoms with E-state index in [-0.39, 0.29) is 22.3 Å². The Hall–Kier alpha value is -4.35. The molecule has 4 aromatic rings. The van der Waals surface area contributed by atoms with E-state index in [2.05, 4.69) is 31.4 Å². The second kappa shape index (κ2) is 12.8. The highest BCUT2D eigenvalue weighted by molar-refractivity contribution is 7.89. The molecule has 1 aromatic heterocycles. The summed E-state index contributed by atoms with van der Waals surface area (Å²) in [6, 6.07) is 22.1. The van der Waals surface area contributed by atoms with Crippen LogP contribution in [0, 0.1) is 12.8 Å². The van der Waals surface area contributed by atoms with E-state index < -0.39 is 10.0 Å². The van der Waals surface area contributed by atoms with Crippen molar-refractivity contribution in [2.45, 2.75) is 57.3 Å². The van der Waals surface area contributed by atoms with E-state index >= 15 is 0 Å². The number of fused-ring (bicyclic) bond motifs is 1. The zero-order chi connectivity index (χ0) is 32.5. The first-order chi connectivity index (χ1) is 22.0. The number of rotatable bonds is 7. The van der Waals surface area contributed by atoms with Crippen molar-refractivity contribution in [3.05, 3.63) is 89.6 Å². The maximum atomic E-state index is 13.4. The van der Waals surface area contributed by atoms with E-state index in [0.717, 1.165) is 47.5 Å². The van der Waals surface area contributed by atoms with Crippen LogP contribution in [0.5, 0.6) is 11.5 Å². The Morgan fingerprint density at radius 2 is 1.61 bits per heavy atom. The quantitative estimate of drug-likeness (QED) is 0.237. The molecule has 11 heteroatoms. The number of nitrogens with one attached hydrogen (secondary N) is 2. The molecule has 3 heterocycles. The van der Waals surface area contributed by atoms with Gasteiger partial charge in [0.25, 0.3) is 0 Å². The van der Waals surface area contributed by atoms with Crippen LogP contribution >= 0.6 is 0 Å². The van der Waals surface area contributed by atoms with Crippen molar-refractivity contribution in [3.8, 4) is 17.2 Å². The minimum Gasteiger partial charge on any atom is -0.486 e. The Kier molecular flexibility index (Phi) is 8.80. The number of amides is 2. The zero-order valence-electron chi connectivity index (χ0n) is 26.7. The molecule has 3 aromatic carbocycles. The number of piperidine rings is 1. The van der Waals surface area contributed by atoms with Gasteiger partial charge in [0.15, 0.2) is 11.5 Å². The second-order valence-corrected chi connectivity index (χ2v) is 14.9. The maximum absolute atomic E-state index is 13.4. The lowest BCUT2D eigenvalue weighted by Gasteiger charge is -2.32. The second-order valence-electron chi connectivity index (χ2n) is 13.0. The Balaban J connectivity index is 1.11. The van der Waals surface area contributed by atoms with Crippen LogP contribution in [0.25, 0.3) is 5.69 Å². The molecule has 0 unspecified atom stereocenters. The molecule has 1 fully saturated rings. The first-order valence-electron chi connectivity index (χ1n) is 15.7. The van der Waals surface area contributed by atoms with Crippen molar-refractivity contribution >= 4 is 27.6 Å². The van der Waals surface area contributed by atoms with Crippen molar-refractivity contribution in [2.24, 2.45) is 5.92 Å². The summed E-state index contributed by atoms with van der Waals surface area (Å²) in [5.74, 6) is 1.88. The van der Waals surface area contributed by atoms with E-state index in [0.29, 0.717) is 43.6 Å². The minimum absolute atomic E-state index is 0.200. The average Bonchev–Trinajstić information content (AvgIpc) is 3.46. The number of aryl methyl sites for hydroxylation is 1. The average molecular weight is 644 g/mol. The third-order valence-corrected chi connectivity index (χ3v) is 10.4. The number of hydrogen-bond donors (Lipinski definition) is 2. The summed E-state index contributed by atoms with van der Waals surface area (Å²) < 4.78 is 41.3. The molecule has 0 radical (unpaired) electrons. The largest absolute Gasteiger partial charge is 0.486 e. The van der Waals surface area contributed by atoms with Crippen molar-refractivity contribution in [2.75, 3.05) is 36.9 Å². The molecule has 2 amide bonds. The van der Waals surface area contributed by atoms with Gasteiger partial charge in [-0.2, -0.15) is 9.40 Å². The summed E-state index contributed by atoms with van der Waals surface area (Å²) in [5, 5.41) is 10.9. The van der Waals surface area contributed by atoms with Crippen LogP contribution in [-0.4, -0.2) is 54.8 Å². The third-order valence-electron chi connectivity index (χ3n) is 8.50. The van der Waals surface area contributed by atoms with E-state index in [4.69, 9.17) is 14.6 Å². The van der Waals surface area contributed by atoms with Gasteiger partial charge in [0.1, 0.15) is 19.0 Å². The molecule has 0 atom stereocenters. The molecule has 2 N–H and O–H groups in total. The van der Waals surface area contributed by atoms with Crippen molar-refractivity contribution in [3.63, 3.8) is 0 Å². The number of hydrogen-bond acceptors (Lipinski definition) is 6. The van der Waals surface area contributed by atoms with Crippen LogP contribution in [0.4, 0.5) is 16.3 Å². The van der Waals surface area contributed by atoms with Crippen LogP contribution in [0.3, 0.4) is 0 Å². The van der Waals surface area contributed by atoms with Crippen molar-refractivity contribution in [1.82, 2.24) is 14.1 Å². The highest BCUT2D eigenvalue weighted by Crippen LogP contribution is 2.35. The normalized spacial score (nSPS) is 15.8. The topological polar surface area (TPSA) is 115 Å². The number of carbonyl (C=O) groups is 1. The lowest BCUT2D eigenvalue weighted by Crippen LogP contribution is -2.39. The molecule has 2 aliphatic rings. The summed E-state index contributed by atoms with van der Waals surface area (Å²) in [4.78, 5) is 13.6. The number of benzene rings is 3. The van der Waals surface area contributed by atoms with Gasteiger partial charge < -0.3 is 14.8 Å². The van der Waals surface area contributed by atoms with Crippen LogP contribution in [-0.2, 0) is 21.9 Å². The van der Waals surface area contributed by atoms with Crippen LogP contribution in [0.1, 0.15) is 50.4 Å². The number of anilines is 2. The van der Waals surface area contributed by atoms with Crippen molar-refractivity contribution < 1.29 is 22.7 Å². The highest BCUT2D eigenvalue weighted by Gasteiger charge is 2.31. The fourth-order valence-electron chi connectivity index (χ4n) is 5.81. The standard InChI is InChI=1S/C35H41N5O5S/c1-24-9-11-27(12-10-24)40-33(23-32(38-40)35(2,3)4)37-34(41)36-29-8-6-5-7-26(29)21-25-15-17-39(18-16-25)46(42,43)28-13-14-30-31(22-28)45-20-19-44-30/h5-14,22-23,25H,15-21H2,1-4H3,(H2,36,37,41). The predicted molar refractivity (Wildman–Crippen MR) is 179 cm³/mol. The van der Waals surface area contributed by atoms with Crippen molar-refractivity contribution in [1.29, 1.82) is 0 Å². The lowest BCUT2D eigenvalue weighted by molar-refractivity contribution is 0.171. The molecule has 10 nitrogen and oxygen atoms in total. The Morgan fingerprint density at radius 1 is 0.913 bits per heavy atom. The Labute approximate surface area is 270 Å². The predicted octanol–water partition coefficient (Wildman–Crippen LogP) is 6.54. The van der Waals surface area contributed by atoms with Gasteiger partial charge in [-0.15, -0.1) is 0 Å². The number of ether oxygens (including phenoxy) is 2. The van der Waals surface area contributed by atoms with E-state index in [1.165, 1.54) is 0 Å². The molecule has 0 aliphatic carbocycles. The molecule has 6 rings (SSSR count). The van der Waals surface area contributed by atoms with Gasteiger partial charge >= 0.3 is 6.03 Å². The SMILES string of the molecule is Cc1ccc(-n2nc(C(C)(C)C)cc2NC(=O)Nc2ccccc2CC2CCN(S(=O)(=O)c3ccc4c(c3)OCCO4)CC2)cc1. The summed E-state index contributed by atoms with van der Waals surface area (Å²) in [7, 11) is -3.65. The number of aromatic nitrogens is 2. The number of sulfonamides is 1. The monoisotopic (exact) mass is 643 g/mol. The number of para-hydroxylation sites is 1. The fourth-order valence-corrected chi connectivity index (χ4v) is 7.29. The highest BCUT2D eigenvalue weighted by atomic mass is 32.2. The Morgan fingerprint density at radius 3 is 2.33 bits per heavy atom. The summed E-state index contributed by atoms with van der Waals surface area (Å²) in [6.45, 7) is 10.0. The van der Waals surface area contributed by atoms with Crippen LogP contribution in [0.2, 0.25) is 0 Å². The van der Waals surface area contributed by atoms with E-state index in [1.54, 1.807) is 27.2 Å². The van der Waals surface area contributed by atoms with E-state index in [9.17, 15) is 13.2 Å². The maximum Gasteiger partial charge on any atom is 0.324 e. The van der Waals surface area contributed by atoms with Gasteiger partial charge in [-0.3, -0.25) is 5.32 Å². The Bertz CT molecular complexity index is 1820. The zero-order valence-corrected chi connectivity index (χ0v) is 27.6.